The van der Waals surface area contributed by atoms with E-state index in [1.807, 2.05) is 0 Å². The molecule has 72 valence electrons. The molecule has 0 bridgehead atoms. The quantitative estimate of drug-likeness (QED) is 0.837. The third-order valence-corrected chi connectivity index (χ3v) is 4.15. The van der Waals surface area contributed by atoms with E-state index in [4.69, 9.17) is 23.2 Å². The van der Waals surface area contributed by atoms with Gasteiger partial charge in [0.05, 0.1) is 4.34 Å². The number of amides is 1. The van der Waals surface area contributed by atoms with E-state index >= 15 is 0 Å². The van der Waals surface area contributed by atoms with Crippen LogP contribution in [0.5, 0.6) is 0 Å². The van der Waals surface area contributed by atoms with E-state index in [0.29, 0.717) is 0 Å². The molecule has 0 spiro atoms. The summed E-state index contributed by atoms with van der Waals surface area (Å²) in [7, 11) is -3.84. The number of hydrogen-bond donors (Lipinski definition) is 1. The van der Waals surface area contributed by atoms with E-state index in [9.17, 15) is 13.2 Å². The van der Waals surface area contributed by atoms with E-state index in [2.05, 4.69) is 0 Å². The molecule has 13 heavy (non-hydrogen) atoms. The van der Waals surface area contributed by atoms with Gasteiger partial charge in [-0.15, -0.1) is 11.3 Å². The molecule has 0 aliphatic heterocycles. The third kappa shape index (κ3) is 2.34. The molecule has 1 rings (SSSR count). The second-order valence-corrected chi connectivity index (χ2v) is 5.90. The highest BCUT2D eigenvalue weighted by Crippen LogP contribution is 2.33. The number of thiophene rings is 1. The smallest absolute Gasteiger partial charge is 0.266 e. The van der Waals surface area contributed by atoms with Gasteiger partial charge in [0.1, 0.15) is 9.23 Å². The van der Waals surface area contributed by atoms with Crippen LogP contribution in [0.1, 0.15) is 0 Å². The minimum atomic E-state index is -3.84. The van der Waals surface area contributed by atoms with E-state index in [1.165, 1.54) is 6.07 Å². The molecule has 0 fully saturated rings. The van der Waals surface area contributed by atoms with Crippen molar-refractivity contribution in [1.82, 2.24) is 4.72 Å². The topological polar surface area (TPSA) is 63.2 Å². The molecule has 1 aromatic heterocycles. The van der Waals surface area contributed by atoms with Gasteiger partial charge in [-0.2, -0.15) is 0 Å². The zero-order valence-electron chi connectivity index (χ0n) is 5.95. The van der Waals surface area contributed by atoms with Crippen LogP contribution in [0.15, 0.2) is 11.0 Å². The molecule has 0 radical (unpaired) electrons. The number of carbonyl (C=O) groups is 1. The van der Waals surface area contributed by atoms with Crippen molar-refractivity contribution in [3.63, 3.8) is 0 Å². The van der Waals surface area contributed by atoms with Crippen LogP contribution in [-0.2, 0) is 14.8 Å². The Morgan fingerprint density at radius 2 is 2.08 bits per heavy atom. The molecule has 1 heterocycles. The van der Waals surface area contributed by atoms with Crippen molar-refractivity contribution in [3.8, 4) is 0 Å². The van der Waals surface area contributed by atoms with E-state index < -0.39 is 10.0 Å². The molecule has 0 unspecified atom stereocenters. The van der Waals surface area contributed by atoms with Gasteiger partial charge < -0.3 is 0 Å². The van der Waals surface area contributed by atoms with E-state index in [1.54, 1.807) is 4.72 Å². The van der Waals surface area contributed by atoms with Crippen LogP contribution in [0.2, 0.25) is 8.67 Å². The van der Waals surface area contributed by atoms with E-state index in [0.717, 1.165) is 11.3 Å². The third-order valence-electron chi connectivity index (χ3n) is 1.12. The van der Waals surface area contributed by atoms with Crippen molar-refractivity contribution >= 4 is 51.0 Å². The molecular formula is C5H3Cl2NO3S2. The van der Waals surface area contributed by atoms with Crippen molar-refractivity contribution in [1.29, 1.82) is 0 Å². The van der Waals surface area contributed by atoms with Crippen LogP contribution in [0, 0.1) is 0 Å². The van der Waals surface area contributed by atoms with Crippen LogP contribution in [-0.4, -0.2) is 14.8 Å². The molecule has 0 aliphatic carbocycles. The summed E-state index contributed by atoms with van der Waals surface area (Å²) in [6.45, 7) is 0. The molecular weight excluding hydrogens is 257 g/mol. The molecule has 0 aliphatic rings. The zero-order chi connectivity index (χ0) is 10.1. The van der Waals surface area contributed by atoms with Gasteiger partial charge in [0.2, 0.25) is 6.41 Å². The van der Waals surface area contributed by atoms with Gasteiger partial charge >= 0.3 is 0 Å². The van der Waals surface area contributed by atoms with Gasteiger partial charge in [0, 0.05) is 0 Å². The van der Waals surface area contributed by atoms with Crippen LogP contribution < -0.4 is 4.72 Å². The second kappa shape index (κ2) is 3.83. The van der Waals surface area contributed by atoms with Crippen LogP contribution in [0.3, 0.4) is 0 Å². The van der Waals surface area contributed by atoms with Crippen molar-refractivity contribution in [2.24, 2.45) is 0 Å². The lowest BCUT2D eigenvalue weighted by atomic mass is 10.7. The maximum atomic E-state index is 11.2. The van der Waals surface area contributed by atoms with Gasteiger partial charge in [-0.1, -0.05) is 23.2 Å². The molecule has 4 nitrogen and oxygen atoms in total. The molecule has 0 saturated heterocycles. The largest absolute Gasteiger partial charge is 0.278 e. The summed E-state index contributed by atoms with van der Waals surface area (Å²) >= 11 is 12.0. The Labute approximate surface area is 88.5 Å². The Morgan fingerprint density at radius 3 is 2.46 bits per heavy atom. The lowest BCUT2D eigenvalue weighted by Gasteiger charge is -1.97. The molecule has 1 amide bonds. The number of sulfonamides is 1. The summed E-state index contributed by atoms with van der Waals surface area (Å²) in [5, 5.41) is 0. The summed E-state index contributed by atoms with van der Waals surface area (Å²) in [5.74, 6) is 0. The Bertz CT molecular complexity index is 425. The number of hydrogen-bond acceptors (Lipinski definition) is 4. The summed E-state index contributed by atoms with van der Waals surface area (Å²) in [6, 6.07) is 1.18. The summed E-state index contributed by atoms with van der Waals surface area (Å²) in [5.41, 5.74) is 0. The SMILES string of the molecule is O=CNS(=O)(=O)c1cc(Cl)sc1Cl. The maximum Gasteiger partial charge on any atom is 0.266 e. The molecule has 0 aromatic carbocycles. The second-order valence-electron chi connectivity index (χ2n) is 1.93. The van der Waals surface area contributed by atoms with Crippen molar-refractivity contribution in [2.75, 3.05) is 0 Å². The summed E-state index contributed by atoms with van der Waals surface area (Å²) in [6.07, 6.45) is 0.0667. The standard InChI is InChI=1S/C5H3Cl2NO3S2/c6-4-1-3(5(7)12-4)13(10,11)8-2-9/h1-2H,(H,8,9). The first-order valence-corrected chi connectivity index (χ1v) is 5.94. The zero-order valence-corrected chi connectivity index (χ0v) is 9.10. The Balaban J connectivity index is 3.21. The Kier molecular flexibility index (Phi) is 3.18. The lowest BCUT2D eigenvalue weighted by molar-refractivity contribution is -0.108. The highest BCUT2D eigenvalue weighted by atomic mass is 35.5. The molecule has 8 heteroatoms. The average Bonchev–Trinajstić information content (AvgIpc) is 2.30. The predicted molar refractivity (Wildman–Crippen MR) is 50.7 cm³/mol. The predicted octanol–water partition coefficient (Wildman–Crippen LogP) is 1.49. The van der Waals surface area contributed by atoms with Gasteiger partial charge in [0.15, 0.2) is 0 Å². The van der Waals surface area contributed by atoms with Gasteiger partial charge in [-0.25, -0.2) is 8.42 Å². The average molecular weight is 260 g/mol. The highest BCUT2D eigenvalue weighted by Gasteiger charge is 2.19. The molecule has 1 aromatic rings. The Morgan fingerprint density at radius 1 is 1.46 bits per heavy atom. The van der Waals surface area contributed by atoms with Gasteiger partial charge in [-0.3, -0.25) is 9.52 Å². The van der Waals surface area contributed by atoms with Gasteiger partial charge in [0.25, 0.3) is 10.0 Å². The normalized spacial score (nSPS) is 11.2. The fraction of sp³-hybridized carbons (Fsp3) is 0. The van der Waals surface area contributed by atoms with Crippen LogP contribution in [0.4, 0.5) is 0 Å². The maximum absolute atomic E-state index is 11.2. The van der Waals surface area contributed by atoms with Crippen molar-refractivity contribution < 1.29 is 13.2 Å². The van der Waals surface area contributed by atoms with E-state index in [-0.39, 0.29) is 20.0 Å². The van der Waals surface area contributed by atoms with Crippen molar-refractivity contribution in [2.45, 2.75) is 4.90 Å². The summed E-state index contributed by atoms with van der Waals surface area (Å²) in [4.78, 5) is 9.76. The minimum absolute atomic E-state index is 0.0272. The van der Waals surface area contributed by atoms with Crippen molar-refractivity contribution in [3.05, 3.63) is 14.7 Å². The number of nitrogens with one attached hydrogen (secondary N) is 1. The molecule has 0 saturated carbocycles. The first-order chi connectivity index (χ1) is 5.97. The minimum Gasteiger partial charge on any atom is -0.278 e. The van der Waals surface area contributed by atoms with Crippen LogP contribution >= 0.6 is 34.5 Å². The van der Waals surface area contributed by atoms with Crippen LogP contribution in [0.25, 0.3) is 0 Å². The molecule has 1 N–H and O–H groups in total. The monoisotopic (exact) mass is 259 g/mol. The first-order valence-electron chi connectivity index (χ1n) is 2.88. The van der Waals surface area contributed by atoms with Gasteiger partial charge in [-0.05, 0) is 6.07 Å². The number of halogens is 2. The molecule has 0 atom stereocenters. The number of rotatable bonds is 3. The highest BCUT2D eigenvalue weighted by molar-refractivity contribution is 7.90. The Hall–Kier alpha value is -0.300. The fourth-order valence-corrected chi connectivity index (χ4v) is 3.54. The lowest BCUT2D eigenvalue weighted by Crippen LogP contribution is -2.21. The fourth-order valence-electron chi connectivity index (χ4n) is 0.635. The summed E-state index contributed by atoms with van der Waals surface area (Å²) < 4.78 is 24.3. The number of carbonyl (C=O) groups excluding carboxylic acids is 1. The first kappa shape index (κ1) is 10.8.